The van der Waals surface area contributed by atoms with Gasteiger partial charge < -0.3 is 23.8 Å². The summed E-state index contributed by atoms with van der Waals surface area (Å²) >= 11 is 0. The molecular formula is C31H46N2O7. The highest BCUT2D eigenvalue weighted by Gasteiger charge is 2.39. The van der Waals surface area contributed by atoms with E-state index in [1.165, 1.54) is 6.92 Å². The number of carbonyl (C=O) groups is 3. The van der Waals surface area contributed by atoms with Gasteiger partial charge in [-0.05, 0) is 77.5 Å². The van der Waals surface area contributed by atoms with Gasteiger partial charge in [0.15, 0.2) is 5.78 Å². The van der Waals surface area contributed by atoms with Gasteiger partial charge in [-0.15, -0.1) is 0 Å². The highest BCUT2D eigenvalue weighted by Crippen LogP contribution is 2.37. The van der Waals surface area contributed by atoms with E-state index in [-0.39, 0.29) is 30.6 Å². The minimum absolute atomic E-state index is 0.00260. The monoisotopic (exact) mass is 558 g/mol. The van der Waals surface area contributed by atoms with Crippen LogP contribution >= 0.6 is 0 Å². The van der Waals surface area contributed by atoms with E-state index < -0.39 is 17.6 Å². The summed E-state index contributed by atoms with van der Waals surface area (Å²) in [4.78, 5) is 42.6. The second-order valence-corrected chi connectivity index (χ2v) is 12.4. The number of piperidine rings is 1. The van der Waals surface area contributed by atoms with E-state index in [1.807, 2.05) is 20.8 Å². The van der Waals surface area contributed by atoms with Gasteiger partial charge in [0.1, 0.15) is 22.9 Å². The molecule has 0 unspecified atom stereocenters. The van der Waals surface area contributed by atoms with Crippen LogP contribution in [0.15, 0.2) is 12.1 Å². The van der Waals surface area contributed by atoms with Crippen molar-refractivity contribution in [2.24, 2.45) is 11.8 Å². The van der Waals surface area contributed by atoms with Crippen molar-refractivity contribution in [2.45, 2.75) is 84.4 Å². The first-order chi connectivity index (χ1) is 19.0. The van der Waals surface area contributed by atoms with E-state index in [4.69, 9.17) is 18.9 Å². The van der Waals surface area contributed by atoms with Gasteiger partial charge in [0.25, 0.3) is 0 Å². The van der Waals surface area contributed by atoms with E-state index in [0.29, 0.717) is 45.4 Å². The van der Waals surface area contributed by atoms with Crippen molar-refractivity contribution in [3.63, 3.8) is 0 Å². The molecule has 40 heavy (non-hydrogen) atoms. The van der Waals surface area contributed by atoms with Crippen LogP contribution in [0.3, 0.4) is 0 Å². The lowest BCUT2D eigenvalue weighted by Crippen LogP contribution is -2.50. The van der Waals surface area contributed by atoms with Crippen LogP contribution in [0.4, 0.5) is 4.79 Å². The Balaban J connectivity index is 1.46. The SMILES string of the molecule is COCCCOc1cc(CN(CC(=O)[C@@H]2C[C@H](C(C)=O)CN(C(=O)OC(C)(C)C)C2)C2CC2)cc2c1CCCO2. The average molecular weight is 559 g/mol. The van der Waals surface area contributed by atoms with Gasteiger partial charge in [-0.2, -0.15) is 0 Å². The Labute approximate surface area is 238 Å². The number of nitrogens with zero attached hydrogens (tertiary/aromatic N) is 2. The van der Waals surface area contributed by atoms with Gasteiger partial charge in [-0.3, -0.25) is 14.5 Å². The molecule has 1 amide bonds. The highest BCUT2D eigenvalue weighted by atomic mass is 16.6. The maximum absolute atomic E-state index is 13.7. The van der Waals surface area contributed by atoms with E-state index in [1.54, 1.807) is 12.0 Å². The predicted molar refractivity (Wildman–Crippen MR) is 151 cm³/mol. The van der Waals surface area contributed by atoms with E-state index in [9.17, 15) is 14.4 Å². The summed E-state index contributed by atoms with van der Waals surface area (Å²) in [5, 5.41) is 0. The number of rotatable bonds is 12. The van der Waals surface area contributed by atoms with Gasteiger partial charge in [0.05, 0.1) is 19.8 Å². The van der Waals surface area contributed by atoms with Crippen molar-refractivity contribution < 1.29 is 33.3 Å². The van der Waals surface area contributed by atoms with Gasteiger partial charge in [0.2, 0.25) is 0 Å². The number of benzene rings is 1. The zero-order chi connectivity index (χ0) is 28.9. The van der Waals surface area contributed by atoms with Crippen LogP contribution < -0.4 is 9.47 Å². The quantitative estimate of drug-likeness (QED) is 0.348. The van der Waals surface area contributed by atoms with E-state index >= 15 is 0 Å². The topological polar surface area (TPSA) is 94.6 Å². The minimum Gasteiger partial charge on any atom is -0.493 e. The first-order valence-corrected chi connectivity index (χ1v) is 14.7. The summed E-state index contributed by atoms with van der Waals surface area (Å²) in [7, 11) is 1.69. The van der Waals surface area contributed by atoms with Crippen LogP contribution in [-0.2, 0) is 32.0 Å². The fourth-order valence-corrected chi connectivity index (χ4v) is 5.51. The lowest BCUT2D eigenvalue weighted by molar-refractivity contribution is -0.129. The molecule has 2 heterocycles. The Bertz CT molecular complexity index is 1060. The number of hydrogen-bond acceptors (Lipinski definition) is 8. The standard InChI is InChI=1S/C31H46N2O7/c1-21(34)23-16-24(19-33(18-23)30(36)40-31(2,3)4)27(35)20-32(25-9-10-25)17-22-14-28-26(8-6-12-38-28)29(15-22)39-13-7-11-37-5/h14-15,23-25H,6-13,16-20H2,1-5H3/t23-,24+/m0/s1. The number of hydrogen-bond donors (Lipinski definition) is 0. The third kappa shape index (κ3) is 8.43. The zero-order valence-corrected chi connectivity index (χ0v) is 24.8. The van der Waals surface area contributed by atoms with Crippen molar-refractivity contribution in [2.75, 3.05) is 46.6 Å². The molecule has 0 spiro atoms. The van der Waals surface area contributed by atoms with Gasteiger partial charge in [-0.25, -0.2) is 4.79 Å². The molecule has 9 nitrogen and oxygen atoms in total. The van der Waals surface area contributed by atoms with Crippen LogP contribution in [0.1, 0.15) is 70.9 Å². The van der Waals surface area contributed by atoms with Crippen molar-refractivity contribution in [3.05, 3.63) is 23.3 Å². The molecule has 0 radical (unpaired) electrons. The number of likely N-dealkylation sites (tertiary alicyclic amines) is 1. The Hall–Kier alpha value is -2.65. The van der Waals surface area contributed by atoms with E-state index in [2.05, 4.69) is 17.0 Å². The van der Waals surface area contributed by atoms with Crippen molar-refractivity contribution in [1.82, 2.24) is 9.80 Å². The Morgan fingerprint density at radius 1 is 1.10 bits per heavy atom. The van der Waals surface area contributed by atoms with Gasteiger partial charge in [0, 0.05) is 63.2 Å². The zero-order valence-electron chi connectivity index (χ0n) is 24.8. The van der Waals surface area contributed by atoms with Crippen LogP contribution in [0.25, 0.3) is 0 Å². The molecule has 2 fully saturated rings. The molecule has 1 aromatic carbocycles. The third-order valence-electron chi connectivity index (χ3n) is 7.75. The normalized spacial score (nSPS) is 21.0. The molecule has 0 aromatic heterocycles. The molecule has 0 N–H and O–H groups in total. The Morgan fingerprint density at radius 2 is 1.85 bits per heavy atom. The molecular weight excluding hydrogens is 512 g/mol. The Morgan fingerprint density at radius 3 is 2.52 bits per heavy atom. The fourth-order valence-electron chi connectivity index (χ4n) is 5.51. The van der Waals surface area contributed by atoms with Crippen molar-refractivity contribution in [1.29, 1.82) is 0 Å². The summed E-state index contributed by atoms with van der Waals surface area (Å²) in [5.74, 6) is 1.03. The van der Waals surface area contributed by atoms with E-state index in [0.717, 1.165) is 54.7 Å². The molecule has 4 rings (SSSR count). The molecule has 1 aliphatic carbocycles. The fraction of sp³-hybridized carbons (Fsp3) is 0.710. The lowest BCUT2D eigenvalue weighted by atomic mass is 9.84. The number of carbonyl (C=O) groups excluding carboxylic acids is 3. The molecule has 1 saturated carbocycles. The van der Waals surface area contributed by atoms with Gasteiger partial charge in [-0.1, -0.05) is 0 Å². The number of ether oxygens (including phenoxy) is 4. The maximum Gasteiger partial charge on any atom is 0.410 e. The minimum atomic E-state index is -0.645. The summed E-state index contributed by atoms with van der Waals surface area (Å²) in [5.41, 5.74) is 1.52. The first-order valence-electron chi connectivity index (χ1n) is 14.7. The largest absolute Gasteiger partial charge is 0.493 e. The summed E-state index contributed by atoms with van der Waals surface area (Å²) < 4.78 is 22.9. The number of ketones is 2. The second kappa shape index (κ2) is 13.3. The molecule has 0 bridgehead atoms. The number of Topliss-reactive ketones (excluding diaryl/α,β-unsaturated/α-hetero) is 2. The van der Waals surface area contributed by atoms with Crippen molar-refractivity contribution >= 4 is 17.7 Å². The van der Waals surface area contributed by atoms with Gasteiger partial charge >= 0.3 is 6.09 Å². The van der Waals surface area contributed by atoms with Crippen LogP contribution in [-0.4, -0.2) is 85.7 Å². The highest BCUT2D eigenvalue weighted by molar-refractivity contribution is 5.86. The third-order valence-corrected chi connectivity index (χ3v) is 7.75. The lowest BCUT2D eigenvalue weighted by Gasteiger charge is -2.37. The summed E-state index contributed by atoms with van der Waals surface area (Å²) in [6.45, 7) is 10.4. The second-order valence-electron chi connectivity index (χ2n) is 12.4. The van der Waals surface area contributed by atoms with Crippen LogP contribution in [0.5, 0.6) is 11.5 Å². The molecule has 1 aromatic rings. The average Bonchev–Trinajstić information content (AvgIpc) is 3.75. The molecule has 3 aliphatic rings. The summed E-state index contributed by atoms with van der Waals surface area (Å²) in [6.07, 6.45) is 4.81. The molecule has 2 atom stereocenters. The number of methoxy groups -OCH3 is 1. The van der Waals surface area contributed by atoms with Crippen LogP contribution in [0, 0.1) is 11.8 Å². The molecule has 222 valence electrons. The van der Waals surface area contributed by atoms with Crippen LogP contribution in [0.2, 0.25) is 0 Å². The smallest absolute Gasteiger partial charge is 0.410 e. The Kier molecular flexibility index (Phi) is 10.1. The first kappa shape index (κ1) is 30.3. The maximum atomic E-state index is 13.7. The summed E-state index contributed by atoms with van der Waals surface area (Å²) in [6, 6.07) is 4.53. The number of fused-ring (bicyclic) bond motifs is 1. The molecule has 1 saturated heterocycles. The van der Waals surface area contributed by atoms with Crippen molar-refractivity contribution in [3.8, 4) is 11.5 Å². The molecule has 2 aliphatic heterocycles. The number of amides is 1. The predicted octanol–water partition coefficient (Wildman–Crippen LogP) is 4.42. The molecule has 9 heteroatoms.